The number of allylic oxidation sites excluding steroid dienone is 6. The van der Waals surface area contributed by atoms with Crippen LogP contribution in [0.5, 0.6) is 0 Å². The van der Waals surface area contributed by atoms with Crippen LogP contribution in [-0.2, 0) is 14.3 Å². The molecule has 0 heterocycles. The van der Waals surface area contributed by atoms with Gasteiger partial charge in [-0.05, 0) is 64.2 Å². The van der Waals surface area contributed by atoms with Crippen molar-refractivity contribution in [3.63, 3.8) is 0 Å². The van der Waals surface area contributed by atoms with Crippen LogP contribution in [0.1, 0.15) is 258 Å². The molecule has 3 atom stereocenters. The first kappa shape index (κ1) is 56.1. The second kappa shape index (κ2) is 46.2. The van der Waals surface area contributed by atoms with Crippen molar-refractivity contribution in [2.75, 3.05) is 6.61 Å². The van der Waals surface area contributed by atoms with E-state index in [0.717, 1.165) is 70.6 Å². The number of nitrogens with one attached hydrogen (secondary N) is 1. The third kappa shape index (κ3) is 40.8. The van der Waals surface area contributed by atoms with Crippen LogP contribution in [-0.4, -0.2) is 46.9 Å². The van der Waals surface area contributed by atoms with E-state index in [2.05, 4.69) is 62.5 Å². The van der Waals surface area contributed by atoms with Gasteiger partial charge in [-0.2, -0.15) is 0 Å². The van der Waals surface area contributed by atoms with Crippen LogP contribution in [0.25, 0.3) is 0 Å². The standard InChI is InChI=1S/C52H97NO5/c1-4-7-10-13-16-19-21-23-25-27-29-32-34-37-40-43-48(46-51(56)53-49(47-54)50(55)44-41-38-35-31-18-15-12-9-6-3)58-52(57)45-42-39-36-33-30-28-26-24-22-20-17-14-11-8-5-2/h16,19,23,25,29,32,48-50,54-55H,4-15,17-18,20-22,24,26-28,30-31,33-47H2,1-3H3,(H,53,56)/b19-16-,25-23-,32-29-. The molecule has 0 aliphatic heterocycles. The minimum atomic E-state index is -0.793. The Bertz CT molecular complexity index is 961. The number of aliphatic hydroxyl groups excluding tert-OH is 2. The van der Waals surface area contributed by atoms with Gasteiger partial charge in [-0.25, -0.2) is 0 Å². The van der Waals surface area contributed by atoms with Crippen LogP contribution in [0.3, 0.4) is 0 Å². The highest BCUT2D eigenvalue weighted by molar-refractivity contribution is 5.77. The van der Waals surface area contributed by atoms with Gasteiger partial charge in [0.2, 0.25) is 5.91 Å². The van der Waals surface area contributed by atoms with Crippen molar-refractivity contribution < 1.29 is 24.5 Å². The molecule has 0 saturated carbocycles. The lowest BCUT2D eigenvalue weighted by molar-refractivity contribution is -0.151. The molecule has 0 aliphatic carbocycles. The normalized spacial score (nSPS) is 13.5. The van der Waals surface area contributed by atoms with Gasteiger partial charge >= 0.3 is 5.97 Å². The Labute approximate surface area is 360 Å². The minimum absolute atomic E-state index is 0.0551. The lowest BCUT2D eigenvalue weighted by atomic mass is 10.0. The fourth-order valence-corrected chi connectivity index (χ4v) is 7.61. The molecule has 58 heavy (non-hydrogen) atoms. The highest BCUT2D eigenvalue weighted by atomic mass is 16.5. The quantitative estimate of drug-likeness (QED) is 0.0323. The van der Waals surface area contributed by atoms with E-state index in [9.17, 15) is 19.8 Å². The van der Waals surface area contributed by atoms with Crippen molar-refractivity contribution in [2.24, 2.45) is 0 Å². The lowest BCUT2D eigenvalue weighted by Gasteiger charge is -2.24. The number of carbonyl (C=O) groups is 2. The van der Waals surface area contributed by atoms with E-state index in [4.69, 9.17) is 4.74 Å². The minimum Gasteiger partial charge on any atom is -0.462 e. The Balaban J connectivity index is 4.63. The molecular formula is C52H97NO5. The first-order chi connectivity index (χ1) is 28.5. The summed E-state index contributed by atoms with van der Waals surface area (Å²) in [6.07, 6.45) is 53.5. The fourth-order valence-electron chi connectivity index (χ4n) is 7.61. The molecule has 1 amide bonds. The van der Waals surface area contributed by atoms with E-state index in [0.29, 0.717) is 19.3 Å². The molecule has 0 radical (unpaired) electrons. The number of carbonyl (C=O) groups excluding carboxylic acids is 2. The molecule has 0 bridgehead atoms. The van der Waals surface area contributed by atoms with E-state index in [1.807, 2.05) is 0 Å². The van der Waals surface area contributed by atoms with Gasteiger partial charge in [-0.15, -0.1) is 0 Å². The average molecular weight is 816 g/mol. The molecule has 0 spiro atoms. The van der Waals surface area contributed by atoms with Crippen LogP contribution >= 0.6 is 0 Å². The third-order valence-corrected chi connectivity index (χ3v) is 11.5. The smallest absolute Gasteiger partial charge is 0.306 e. The summed E-state index contributed by atoms with van der Waals surface area (Å²) in [6, 6.07) is -0.709. The maximum absolute atomic E-state index is 13.2. The van der Waals surface area contributed by atoms with Gasteiger partial charge in [0, 0.05) is 6.42 Å². The summed E-state index contributed by atoms with van der Waals surface area (Å²) in [5.41, 5.74) is 0. The number of amides is 1. The summed E-state index contributed by atoms with van der Waals surface area (Å²) < 4.78 is 5.91. The molecule has 6 heteroatoms. The SMILES string of the molecule is CCCCC/C=C\C/C=C\C/C=C\CCCCC(CC(=O)NC(CO)C(O)CCCCCCCCCCC)OC(=O)CCCCCCCCCCCCCCCCC. The van der Waals surface area contributed by atoms with Gasteiger partial charge < -0.3 is 20.3 Å². The van der Waals surface area contributed by atoms with Gasteiger partial charge in [0.1, 0.15) is 6.10 Å². The van der Waals surface area contributed by atoms with Crippen molar-refractivity contribution in [3.05, 3.63) is 36.5 Å². The molecule has 340 valence electrons. The molecular weight excluding hydrogens is 719 g/mol. The highest BCUT2D eigenvalue weighted by Gasteiger charge is 2.24. The van der Waals surface area contributed by atoms with E-state index < -0.39 is 18.2 Å². The summed E-state index contributed by atoms with van der Waals surface area (Å²) >= 11 is 0. The number of hydrogen-bond acceptors (Lipinski definition) is 5. The summed E-state index contributed by atoms with van der Waals surface area (Å²) in [6.45, 7) is 6.43. The van der Waals surface area contributed by atoms with Crippen LogP contribution in [0.2, 0.25) is 0 Å². The molecule has 3 unspecified atom stereocenters. The van der Waals surface area contributed by atoms with E-state index in [-0.39, 0.29) is 24.9 Å². The van der Waals surface area contributed by atoms with Crippen LogP contribution < -0.4 is 5.32 Å². The molecule has 0 aromatic heterocycles. The maximum atomic E-state index is 13.2. The Morgan fingerprint density at radius 1 is 0.500 bits per heavy atom. The summed E-state index contributed by atoms with van der Waals surface area (Å²) in [4.78, 5) is 26.1. The monoisotopic (exact) mass is 816 g/mol. The summed E-state index contributed by atoms with van der Waals surface area (Å²) in [5.74, 6) is -0.503. The van der Waals surface area contributed by atoms with E-state index in [1.54, 1.807) is 0 Å². The Kier molecular flexibility index (Phi) is 44.6. The zero-order valence-electron chi connectivity index (χ0n) is 38.7. The van der Waals surface area contributed by atoms with Crippen molar-refractivity contribution in [3.8, 4) is 0 Å². The molecule has 0 aliphatic rings. The third-order valence-electron chi connectivity index (χ3n) is 11.5. The van der Waals surface area contributed by atoms with E-state index in [1.165, 1.54) is 141 Å². The Morgan fingerprint density at radius 3 is 1.34 bits per heavy atom. The fraction of sp³-hybridized carbons (Fsp3) is 0.846. The second-order valence-electron chi connectivity index (χ2n) is 17.2. The van der Waals surface area contributed by atoms with Crippen molar-refractivity contribution >= 4 is 11.9 Å². The molecule has 0 aromatic rings. The summed E-state index contributed by atoms with van der Waals surface area (Å²) in [5, 5.41) is 23.6. The lowest BCUT2D eigenvalue weighted by Crippen LogP contribution is -2.46. The second-order valence-corrected chi connectivity index (χ2v) is 17.2. The number of hydrogen-bond donors (Lipinski definition) is 3. The van der Waals surface area contributed by atoms with Gasteiger partial charge in [-0.1, -0.05) is 218 Å². The number of aliphatic hydroxyl groups is 2. The average Bonchev–Trinajstić information content (AvgIpc) is 3.22. The molecule has 3 N–H and O–H groups in total. The Hall–Kier alpha value is -1.92. The van der Waals surface area contributed by atoms with Crippen LogP contribution in [0.4, 0.5) is 0 Å². The molecule has 0 fully saturated rings. The van der Waals surface area contributed by atoms with Crippen LogP contribution in [0, 0.1) is 0 Å². The molecule has 0 saturated heterocycles. The topological polar surface area (TPSA) is 95.9 Å². The summed E-state index contributed by atoms with van der Waals surface area (Å²) in [7, 11) is 0. The number of ether oxygens (including phenoxy) is 1. The van der Waals surface area contributed by atoms with Crippen molar-refractivity contribution in [2.45, 2.75) is 277 Å². The molecule has 0 aromatic carbocycles. The maximum Gasteiger partial charge on any atom is 0.306 e. The van der Waals surface area contributed by atoms with Crippen molar-refractivity contribution in [1.29, 1.82) is 0 Å². The van der Waals surface area contributed by atoms with Gasteiger partial charge in [0.25, 0.3) is 0 Å². The van der Waals surface area contributed by atoms with Gasteiger partial charge in [0.15, 0.2) is 0 Å². The van der Waals surface area contributed by atoms with Gasteiger partial charge in [-0.3, -0.25) is 9.59 Å². The zero-order valence-corrected chi connectivity index (χ0v) is 38.7. The number of esters is 1. The van der Waals surface area contributed by atoms with Gasteiger partial charge in [0.05, 0.1) is 25.2 Å². The zero-order chi connectivity index (χ0) is 42.4. The number of unbranched alkanes of at least 4 members (excludes halogenated alkanes) is 27. The Morgan fingerprint density at radius 2 is 0.879 bits per heavy atom. The van der Waals surface area contributed by atoms with Crippen molar-refractivity contribution in [1.82, 2.24) is 5.32 Å². The molecule has 6 nitrogen and oxygen atoms in total. The first-order valence-electron chi connectivity index (χ1n) is 25.2. The van der Waals surface area contributed by atoms with E-state index >= 15 is 0 Å². The first-order valence-corrected chi connectivity index (χ1v) is 25.2. The largest absolute Gasteiger partial charge is 0.462 e. The highest BCUT2D eigenvalue weighted by Crippen LogP contribution is 2.17. The number of rotatable bonds is 45. The predicted octanol–water partition coefficient (Wildman–Crippen LogP) is 14.9. The van der Waals surface area contributed by atoms with Crippen LogP contribution in [0.15, 0.2) is 36.5 Å². The predicted molar refractivity (Wildman–Crippen MR) is 250 cm³/mol. The molecule has 0 rings (SSSR count).